The molecule has 0 aromatic heterocycles. The molecule has 1 aromatic carbocycles. The second-order valence-electron chi connectivity index (χ2n) is 7.81. The van der Waals surface area contributed by atoms with E-state index in [1.54, 1.807) is 0 Å². The fourth-order valence-electron chi connectivity index (χ4n) is 3.29. The molecule has 1 rings (SSSR count). The van der Waals surface area contributed by atoms with Gasteiger partial charge in [0.25, 0.3) is 0 Å². The molecule has 0 saturated heterocycles. The summed E-state index contributed by atoms with van der Waals surface area (Å²) in [4.78, 5) is 0. The first-order valence-corrected chi connectivity index (χ1v) is 13.2. The number of halogens is 2. The van der Waals surface area contributed by atoms with E-state index in [1.165, 1.54) is 64.2 Å². The SMILES string of the molecule is C=CCCCCCCCCOc1cc(Br)c(OCCCCCCCCC=C)cc1Br. The van der Waals surface area contributed by atoms with E-state index in [-0.39, 0.29) is 0 Å². The monoisotopic (exact) mass is 542 g/mol. The van der Waals surface area contributed by atoms with Gasteiger partial charge in [-0.15, -0.1) is 13.2 Å². The smallest absolute Gasteiger partial charge is 0.134 e. The number of rotatable bonds is 20. The number of hydrogen-bond donors (Lipinski definition) is 0. The minimum absolute atomic E-state index is 0.755. The van der Waals surface area contributed by atoms with Gasteiger partial charge in [0.15, 0.2) is 0 Å². The van der Waals surface area contributed by atoms with E-state index in [4.69, 9.17) is 9.47 Å². The average molecular weight is 544 g/mol. The van der Waals surface area contributed by atoms with Crippen LogP contribution in [-0.2, 0) is 0 Å². The van der Waals surface area contributed by atoms with Gasteiger partial charge >= 0.3 is 0 Å². The second kappa shape index (κ2) is 19.0. The summed E-state index contributed by atoms with van der Waals surface area (Å²) in [6, 6.07) is 4.02. The van der Waals surface area contributed by atoms with Crippen molar-refractivity contribution in [1.82, 2.24) is 0 Å². The summed E-state index contributed by atoms with van der Waals surface area (Å²) in [7, 11) is 0. The van der Waals surface area contributed by atoms with Crippen molar-refractivity contribution in [1.29, 1.82) is 0 Å². The van der Waals surface area contributed by atoms with E-state index in [9.17, 15) is 0 Å². The zero-order chi connectivity index (χ0) is 21.9. The molecule has 1 aromatic rings. The largest absolute Gasteiger partial charge is 0.492 e. The van der Waals surface area contributed by atoms with Gasteiger partial charge in [-0.05, 0) is 82.5 Å². The van der Waals surface area contributed by atoms with Crippen LogP contribution in [-0.4, -0.2) is 13.2 Å². The van der Waals surface area contributed by atoms with Crippen LogP contribution in [0.1, 0.15) is 89.9 Å². The van der Waals surface area contributed by atoms with E-state index in [0.717, 1.165) is 59.3 Å². The van der Waals surface area contributed by atoms with Gasteiger partial charge in [-0.1, -0.05) is 63.5 Å². The molecule has 0 spiro atoms. The third-order valence-electron chi connectivity index (χ3n) is 5.11. The van der Waals surface area contributed by atoms with Gasteiger partial charge in [-0.25, -0.2) is 0 Å². The summed E-state index contributed by atoms with van der Waals surface area (Å²) in [5.41, 5.74) is 0. The maximum absolute atomic E-state index is 5.96. The highest BCUT2D eigenvalue weighted by molar-refractivity contribution is 9.11. The summed E-state index contributed by atoms with van der Waals surface area (Å²) in [5, 5.41) is 0. The zero-order valence-electron chi connectivity index (χ0n) is 18.6. The summed E-state index contributed by atoms with van der Waals surface area (Å²) < 4.78 is 13.8. The first-order chi connectivity index (χ1) is 14.7. The van der Waals surface area contributed by atoms with Crippen molar-refractivity contribution in [3.8, 4) is 11.5 Å². The third-order valence-corrected chi connectivity index (χ3v) is 6.35. The zero-order valence-corrected chi connectivity index (χ0v) is 21.8. The van der Waals surface area contributed by atoms with E-state index in [0.29, 0.717) is 0 Å². The Bertz CT molecular complexity index is 535. The molecular weight excluding hydrogens is 504 g/mol. The number of unbranched alkanes of at least 4 members (excludes halogenated alkanes) is 12. The maximum Gasteiger partial charge on any atom is 0.134 e. The Labute approximate surface area is 201 Å². The summed E-state index contributed by atoms with van der Waals surface area (Å²) in [6.45, 7) is 9.05. The van der Waals surface area contributed by atoms with Crippen LogP contribution in [0.2, 0.25) is 0 Å². The molecule has 0 saturated carbocycles. The van der Waals surface area contributed by atoms with Gasteiger partial charge < -0.3 is 9.47 Å². The van der Waals surface area contributed by atoms with Gasteiger partial charge in [0.2, 0.25) is 0 Å². The summed E-state index contributed by atoms with van der Waals surface area (Å²) in [5.74, 6) is 1.75. The third kappa shape index (κ3) is 13.5. The summed E-state index contributed by atoms with van der Waals surface area (Å²) >= 11 is 7.24. The minimum atomic E-state index is 0.755. The molecule has 0 amide bonds. The number of allylic oxidation sites excluding steroid dienone is 2. The molecule has 0 unspecified atom stereocenters. The maximum atomic E-state index is 5.96. The highest BCUT2D eigenvalue weighted by atomic mass is 79.9. The molecule has 0 radical (unpaired) electrons. The highest BCUT2D eigenvalue weighted by Crippen LogP contribution is 2.36. The van der Waals surface area contributed by atoms with Crippen molar-refractivity contribution in [2.24, 2.45) is 0 Å². The van der Waals surface area contributed by atoms with Crippen LogP contribution in [0, 0.1) is 0 Å². The molecule has 0 N–H and O–H groups in total. The topological polar surface area (TPSA) is 18.5 Å². The molecule has 0 aliphatic carbocycles. The van der Waals surface area contributed by atoms with E-state index < -0.39 is 0 Å². The fraction of sp³-hybridized carbons (Fsp3) is 0.615. The Morgan fingerprint density at radius 1 is 0.567 bits per heavy atom. The molecule has 0 aliphatic rings. The Morgan fingerprint density at radius 2 is 0.900 bits per heavy atom. The molecule has 30 heavy (non-hydrogen) atoms. The van der Waals surface area contributed by atoms with Gasteiger partial charge in [0, 0.05) is 0 Å². The van der Waals surface area contributed by atoms with Crippen molar-refractivity contribution < 1.29 is 9.47 Å². The fourth-order valence-corrected chi connectivity index (χ4v) is 4.17. The van der Waals surface area contributed by atoms with E-state index in [1.807, 2.05) is 24.3 Å². The van der Waals surface area contributed by atoms with E-state index >= 15 is 0 Å². The van der Waals surface area contributed by atoms with Gasteiger partial charge in [0.05, 0.1) is 22.2 Å². The first-order valence-electron chi connectivity index (χ1n) is 11.7. The van der Waals surface area contributed by atoms with Crippen molar-refractivity contribution in [3.63, 3.8) is 0 Å². The Balaban J connectivity index is 2.17. The molecular formula is C26H40Br2O2. The van der Waals surface area contributed by atoms with Crippen LogP contribution in [0.4, 0.5) is 0 Å². The van der Waals surface area contributed by atoms with Crippen LogP contribution < -0.4 is 9.47 Å². The van der Waals surface area contributed by atoms with Gasteiger partial charge in [0.1, 0.15) is 11.5 Å². The van der Waals surface area contributed by atoms with Crippen molar-refractivity contribution in [3.05, 3.63) is 46.4 Å². The minimum Gasteiger partial charge on any atom is -0.492 e. The number of hydrogen-bond acceptors (Lipinski definition) is 2. The average Bonchev–Trinajstić information content (AvgIpc) is 2.74. The standard InChI is InChI=1S/C26H40Br2O2/c1-3-5-7-9-11-13-15-17-19-29-25-21-24(28)26(22-23(25)27)30-20-18-16-14-12-10-8-6-4-2/h3-4,21-22H,1-2,5-20H2. The Kier molecular flexibility index (Phi) is 17.3. The lowest BCUT2D eigenvalue weighted by atomic mass is 10.1. The predicted molar refractivity (Wildman–Crippen MR) is 138 cm³/mol. The first kappa shape index (κ1) is 27.3. The second-order valence-corrected chi connectivity index (χ2v) is 9.52. The Morgan fingerprint density at radius 3 is 1.27 bits per heavy atom. The molecule has 170 valence electrons. The van der Waals surface area contributed by atoms with Crippen LogP contribution >= 0.6 is 31.9 Å². The van der Waals surface area contributed by atoms with Gasteiger partial charge in [-0.2, -0.15) is 0 Å². The normalized spacial score (nSPS) is 10.7. The van der Waals surface area contributed by atoms with Crippen LogP contribution in [0.15, 0.2) is 46.4 Å². The molecule has 2 nitrogen and oxygen atoms in total. The molecule has 0 atom stereocenters. The van der Waals surface area contributed by atoms with Crippen molar-refractivity contribution in [2.75, 3.05) is 13.2 Å². The number of benzene rings is 1. The Hall–Kier alpha value is -0.740. The van der Waals surface area contributed by atoms with Crippen molar-refractivity contribution >= 4 is 31.9 Å². The quantitative estimate of drug-likeness (QED) is 0.120. The molecule has 0 fully saturated rings. The molecule has 0 heterocycles. The van der Waals surface area contributed by atoms with Crippen LogP contribution in [0.3, 0.4) is 0 Å². The predicted octanol–water partition coefficient (Wildman–Crippen LogP) is 9.80. The van der Waals surface area contributed by atoms with Crippen LogP contribution in [0.5, 0.6) is 11.5 Å². The number of ether oxygens (including phenoxy) is 2. The molecule has 4 heteroatoms. The lowest BCUT2D eigenvalue weighted by Gasteiger charge is -2.13. The lowest BCUT2D eigenvalue weighted by molar-refractivity contribution is 0.293. The molecule has 0 aliphatic heterocycles. The highest BCUT2D eigenvalue weighted by Gasteiger charge is 2.09. The van der Waals surface area contributed by atoms with E-state index in [2.05, 4.69) is 45.0 Å². The van der Waals surface area contributed by atoms with Gasteiger partial charge in [-0.3, -0.25) is 0 Å². The van der Waals surface area contributed by atoms with Crippen molar-refractivity contribution in [2.45, 2.75) is 89.9 Å². The summed E-state index contributed by atoms with van der Waals surface area (Å²) in [6.07, 6.45) is 21.3. The molecule has 0 bridgehead atoms. The van der Waals surface area contributed by atoms with Crippen LogP contribution in [0.25, 0.3) is 0 Å². The lowest BCUT2D eigenvalue weighted by Crippen LogP contribution is -2.01.